The topological polar surface area (TPSA) is 46.2 Å². The third-order valence-corrected chi connectivity index (χ3v) is 7.38. The maximum Gasteiger partial charge on any atom is 0.115 e. The van der Waals surface area contributed by atoms with E-state index in [0.29, 0.717) is 39.5 Å². The van der Waals surface area contributed by atoms with Gasteiger partial charge in [-0.15, -0.1) is 6.58 Å². The molecule has 5 heteroatoms. The van der Waals surface area contributed by atoms with Gasteiger partial charge >= 0.3 is 0 Å². The molecule has 4 aromatic rings. The molecule has 0 aliphatic carbocycles. The quantitative estimate of drug-likeness (QED) is 0.142. The highest BCUT2D eigenvalue weighted by Gasteiger charge is 2.48. The van der Waals surface area contributed by atoms with Crippen LogP contribution < -0.4 is 0 Å². The predicted molar refractivity (Wildman–Crippen MR) is 165 cm³/mol. The maximum atomic E-state index is 6.72. The predicted octanol–water partition coefficient (Wildman–Crippen LogP) is 7.30. The van der Waals surface area contributed by atoms with Crippen LogP contribution in [-0.4, -0.2) is 37.1 Å². The van der Waals surface area contributed by atoms with E-state index in [0.717, 1.165) is 22.3 Å². The van der Waals surface area contributed by atoms with Crippen LogP contribution in [0.3, 0.4) is 0 Å². The van der Waals surface area contributed by atoms with Crippen LogP contribution in [0.4, 0.5) is 0 Å². The average molecular weight is 565 g/mol. The minimum atomic E-state index is -0.425. The van der Waals surface area contributed by atoms with Crippen molar-refractivity contribution in [1.29, 1.82) is 0 Å². The van der Waals surface area contributed by atoms with Gasteiger partial charge in [0.2, 0.25) is 0 Å². The lowest BCUT2D eigenvalue weighted by molar-refractivity contribution is -0.271. The summed E-state index contributed by atoms with van der Waals surface area (Å²) in [6.07, 6.45) is 0.663. The molecule has 0 radical (unpaired) electrons. The van der Waals surface area contributed by atoms with Crippen molar-refractivity contribution in [3.63, 3.8) is 0 Å². The van der Waals surface area contributed by atoms with Crippen molar-refractivity contribution < 1.29 is 23.7 Å². The Morgan fingerprint density at radius 3 is 1.31 bits per heavy atom. The standard InChI is InChI=1S/C37H40O5/c1-2-15-33-35(39-25-30-18-9-4-10-19-30)37(41-27-32-22-13-6-14-23-32)36(40-26-31-20-11-5-12-21-31)34(42-33)28-38-24-29-16-7-3-8-17-29/h2-14,16-23,33-37H,1,15,24-28H2/t33-,34-,35+,36-,37-/m1/s1. The summed E-state index contributed by atoms with van der Waals surface area (Å²) in [5, 5.41) is 0. The fourth-order valence-corrected chi connectivity index (χ4v) is 5.24. The molecule has 0 saturated carbocycles. The van der Waals surface area contributed by atoms with Crippen LogP contribution in [-0.2, 0) is 50.1 Å². The first-order valence-electron chi connectivity index (χ1n) is 14.6. The summed E-state index contributed by atoms with van der Waals surface area (Å²) in [6.45, 7) is 6.15. The number of hydrogen-bond acceptors (Lipinski definition) is 5. The Morgan fingerprint density at radius 1 is 0.500 bits per heavy atom. The normalized spacial score (nSPS) is 22.0. The molecule has 0 unspecified atom stereocenters. The van der Waals surface area contributed by atoms with Gasteiger partial charge in [-0.1, -0.05) is 127 Å². The highest BCUT2D eigenvalue weighted by Crippen LogP contribution is 2.32. The average Bonchev–Trinajstić information content (AvgIpc) is 3.05. The first-order chi connectivity index (χ1) is 20.8. The van der Waals surface area contributed by atoms with Crippen molar-refractivity contribution in [1.82, 2.24) is 0 Å². The number of benzene rings is 4. The van der Waals surface area contributed by atoms with Gasteiger partial charge < -0.3 is 23.7 Å². The second-order valence-corrected chi connectivity index (χ2v) is 10.5. The smallest absolute Gasteiger partial charge is 0.115 e. The molecule has 5 rings (SSSR count). The molecule has 5 nitrogen and oxygen atoms in total. The molecule has 5 atom stereocenters. The Labute approximate surface area is 249 Å². The largest absolute Gasteiger partial charge is 0.374 e. The molecule has 1 saturated heterocycles. The monoisotopic (exact) mass is 564 g/mol. The van der Waals surface area contributed by atoms with Crippen molar-refractivity contribution in [2.45, 2.75) is 63.4 Å². The third kappa shape index (κ3) is 8.71. The Bertz CT molecular complexity index is 1300. The van der Waals surface area contributed by atoms with E-state index in [1.807, 2.05) is 78.9 Å². The van der Waals surface area contributed by atoms with Crippen LogP contribution in [0.2, 0.25) is 0 Å². The summed E-state index contributed by atoms with van der Waals surface area (Å²) in [7, 11) is 0. The molecular weight excluding hydrogens is 524 g/mol. The SMILES string of the molecule is C=CC[C@H]1O[C@H](COCc2ccccc2)[C@@H](OCc2ccccc2)[C@H](OCc2ccccc2)[C@H]1OCc1ccccc1. The zero-order valence-corrected chi connectivity index (χ0v) is 24.0. The summed E-state index contributed by atoms with van der Waals surface area (Å²) in [4.78, 5) is 0. The summed E-state index contributed by atoms with van der Waals surface area (Å²) >= 11 is 0. The molecular formula is C37H40O5. The molecule has 0 bridgehead atoms. The molecule has 1 fully saturated rings. The molecule has 0 N–H and O–H groups in total. The second-order valence-electron chi connectivity index (χ2n) is 10.5. The van der Waals surface area contributed by atoms with E-state index in [9.17, 15) is 0 Å². The number of hydrogen-bond donors (Lipinski definition) is 0. The molecule has 218 valence electrons. The van der Waals surface area contributed by atoms with Gasteiger partial charge in [0.25, 0.3) is 0 Å². The highest BCUT2D eigenvalue weighted by molar-refractivity contribution is 5.16. The van der Waals surface area contributed by atoms with Crippen molar-refractivity contribution >= 4 is 0 Å². The Kier molecular flexibility index (Phi) is 11.5. The Balaban J connectivity index is 1.40. The number of rotatable bonds is 15. The first-order valence-corrected chi connectivity index (χ1v) is 14.6. The summed E-state index contributed by atoms with van der Waals surface area (Å²) in [5.41, 5.74) is 4.37. The fourth-order valence-electron chi connectivity index (χ4n) is 5.24. The van der Waals surface area contributed by atoms with E-state index in [-0.39, 0.29) is 18.3 Å². The second kappa shape index (κ2) is 16.2. The van der Waals surface area contributed by atoms with E-state index in [4.69, 9.17) is 23.7 Å². The van der Waals surface area contributed by atoms with Crippen molar-refractivity contribution in [3.05, 3.63) is 156 Å². The molecule has 0 aromatic heterocycles. The fraction of sp³-hybridized carbons (Fsp3) is 0.297. The molecule has 42 heavy (non-hydrogen) atoms. The molecule has 1 aliphatic rings. The minimum Gasteiger partial charge on any atom is -0.374 e. The van der Waals surface area contributed by atoms with Gasteiger partial charge in [-0.2, -0.15) is 0 Å². The van der Waals surface area contributed by atoms with Crippen molar-refractivity contribution in [3.8, 4) is 0 Å². The van der Waals surface area contributed by atoms with Crippen LogP contribution in [0.15, 0.2) is 134 Å². The van der Waals surface area contributed by atoms with E-state index in [1.165, 1.54) is 0 Å². The van der Waals surface area contributed by atoms with E-state index >= 15 is 0 Å². The van der Waals surface area contributed by atoms with Crippen molar-refractivity contribution in [2.75, 3.05) is 6.61 Å². The summed E-state index contributed by atoms with van der Waals surface area (Å²) in [5.74, 6) is 0. The van der Waals surface area contributed by atoms with E-state index < -0.39 is 12.2 Å². The van der Waals surface area contributed by atoms with Crippen LogP contribution >= 0.6 is 0 Å². The first kappa shape index (κ1) is 29.9. The molecule has 1 heterocycles. The molecule has 4 aromatic carbocycles. The van der Waals surface area contributed by atoms with Gasteiger partial charge in [0, 0.05) is 0 Å². The van der Waals surface area contributed by atoms with Crippen LogP contribution in [0.1, 0.15) is 28.7 Å². The van der Waals surface area contributed by atoms with Crippen LogP contribution in [0.5, 0.6) is 0 Å². The molecule has 0 amide bonds. The lowest BCUT2D eigenvalue weighted by Gasteiger charge is -2.46. The highest BCUT2D eigenvalue weighted by atomic mass is 16.6. The van der Waals surface area contributed by atoms with E-state index in [2.05, 4.69) is 55.1 Å². The molecule has 0 spiro atoms. The third-order valence-electron chi connectivity index (χ3n) is 7.38. The Morgan fingerprint density at radius 2 is 0.881 bits per heavy atom. The lowest BCUT2D eigenvalue weighted by Crippen LogP contribution is -2.61. The van der Waals surface area contributed by atoms with Gasteiger partial charge in [0.1, 0.15) is 24.4 Å². The van der Waals surface area contributed by atoms with Gasteiger partial charge in [0.15, 0.2) is 0 Å². The number of ether oxygens (including phenoxy) is 5. The van der Waals surface area contributed by atoms with E-state index in [1.54, 1.807) is 0 Å². The van der Waals surface area contributed by atoms with Gasteiger partial charge in [0.05, 0.1) is 39.1 Å². The maximum absolute atomic E-state index is 6.72. The zero-order chi connectivity index (χ0) is 28.8. The van der Waals surface area contributed by atoms with Gasteiger partial charge in [-0.3, -0.25) is 0 Å². The minimum absolute atomic E-state index is 0.270. The summed E-state index contributed by atoms with van der Waals surface area (Å²) < 4.78 is 32.9. The lowest BCUT2D eigenvalue weighted by atomic mass is 9.92. The zero-order valence-electron chi connectivity index (χ0n) is 24.0. The van der Waals surface area contributed by atoms with Gasteiger partial charge in [-0.05, 0) is 28.7 Å². The van der Waals surface area contributed by atoms with Gasteiger partial charge in [-0.25, -0.2) is 0 Å². The Hall–Kier alpha value is -3.58. The van der Waals surface area contributed by atoms with Crippen LogP contribution in [0.25, 0.3) is 0 Å². The molecule has 1 aliphatic heterocycles. The van der Waals surface area contributed by atoms with Crippen molar-refractivity contribution in [2.24, 2.45) is 0 Å². The van der Waals surface area contributed by atoms with Crippen LogP contribution in [0, 0.1) is 0 Å². The summed E-state index contributed by atoms with van der Waals surface area (Å²) in [6, 6.07) is 40.7.